The van der Waals surface area contributed by atoms with E-state index in [0.29, 0.717) is 11.1 Å². The summed E-state index contributed by atoms with van der Waals surface area (Å²) < 4.78 is 83.8. The van der Waals surface area contributed by atoms with Crippen LogP contribution < -0.4 is 9.47 Å². The Hall–Kier alpha value is -2.83. The van der Waals surface area contributed by atoms with Gasteiger partial charge < -0.3 is 19.1 Å². The van der Waals surface area contributed by atoms with Crippen molar-refractivity contribution in [2.75, 3.05) is 6.54 Å². The molecule has 5 atom stereocenters. The van der Waals surface area contributed by atoms with Crippen LogP contribution in [0.3, 0.4) is 0 Å². The van der Waals surface area contributed by atoms with E-state index in [4.69, 9.17) is 26.5 Å². The molecule has 1 aromatic carbocycles. The highest BCUT2D eigenvalue weighted by atomic mass is 16.6. The van der Waals surface area contributed by atoms with Crippen LogP contribution in [0, 0.1) is 5.92 Å². The summed E-state index contributed by atoms with van der Waals surface area (Å²) >= 11 is 0. The van der Waals surface area contributed by atoms with Crippen molar-refractivity contribution in [2.45, 2.75) is 57.1 Å². The monoisotopic (exact) mass is 406 g/mol. The Labute approximate surface area is 181 Å². The molecule has 1 saturated heterocycles. The number of carbonyl (C=O) groups is 3. The first kappa shape index (κ1) is 10.8. The van der Waals surface area contributed by atoms with Gasteiger partial charge in [-0.2, -0.15) is 0 Å². The topological polar surface area (TPSA) is 82.1 Å². The molecule has 1 aromatic rings. The summed E-state index contributed by atoms with van der Waals surface area (Å²) in [5.74, 6) is -4.51. The molecule has 0 unspecified atom stereocenters. The molecule has 29 heavy (non-hydrogen) atoms. The number of nitrogens with zero attached hydrogens (tertiary/aromatic N) is 1. The highest BCUT2D eigenvalue weighted by Crippen LogP contribution is 2.62. The largest absolute Gasteiger partial charge is 0.481 e. The summed E-state index contributed by atoms with van der Waals surface area (Å²) in [7, 11) is 0. The van der Waals surface area contributed by atoms with Gasteiger partial charge in [0.05, 0.1) is 5.41 Å². The molecule has 1 fully saturated rings. The third-order valence-electron chi connectivity index (χ3n) is 6.54. The fourth-order valence-electron chi connectivity index (χ4n) is 5.68. The molecular formula is C22H23NO6. The molecule has 7 nitrogen and oxygen atoms in total. The smallest absolute Gasteiger partial charge is 0.308 e. The molecule has 2 heterocycles. The zero-order valence-electron chi connectivity index (χ0n) is 24.1. The van der Waals surface area contributed by atoms with Gasteiger partial charge in [-0.05, 0) is 30.5 Å². The van der Waals surface area contributed by atoms with Crippen molar-refractivity contribution in [3.63, 3.8) is 0 Å². The molecule has 0 N–H and O–H groups in total. The number of esters is 2. The van der Waals surface area contributed by atoms with Crippen molar-refractivity contribution in [3.8, 4) is 11.5 Å². The predicted molar refractivity (Wildman–Crippen MR) is 102 cm³/mol. The quantitative estimate of drug-likeness (QED) is 0.424. The summed E-state index contributed by atoms with van der Waals surface area (Å²) in [4.78, 5) is 38.6. The van der Waals surface area contributed by atoms with Gasteiger partial charge in [0.25, 0.3) is 0 Å². The van der Waals surface area contributed by atoms with E-state index in [2.05, 4.69) is 0 Å². The summed E-state index contributed by atoms with van der Waals surface area (Å²) in [6.45, 7) is -8.90. The van der Waals surface area contributed by atoms with E-state index in [1.807, 2.05) is 0 Å². The number of benzene rings is 1. The molecule has 2 aliphatic carbocycles. The van der Waals surface area contributed by atoms with Crippen molar-refractivity contribution < 1.29 is 40.9 Å². The van der Waals surface area contributed by atoms with Gasteiger partial charge in [-0.15, -0.1) is 0 Å². The Morgan fingerprint density at radius 2 is 2.07 bits per heavy atom. The van der Waals surface area contributed by atoms with Crippen LogP contribution in [0.5, 0.6) is 11.5 Å². The Balaban J connectivity index is 1.63. The first-order valence-electron chi connectivity index (χ1n) is 13.7. The summed E-state index contributed by atoms with van der Waals surface area (Å²) in [5.41, 5.74) is 0.257. The van der Waals surface area contributed by atoms with Crippen LogP contribution in [0.2, 0.25) is 0 Å². The molecule has 2 aliphatic heterocycles. The number of hydrogen-bond acceptors (Lipinski definition) is 6. The molecule has 1 spiro atoms. The van der Waals surface area contributed by atoms with Gasteiger partial charge in [0.15, 0.2) is 17.6 Å². The number of amides is 1. The van der Waals surface area contributed by atoms with Gasteiger partial charge in [-0.3, -0.25) is 14.4 Å². The maximum absolute atomic E-state index is 12.9. The maximum Gasteiger partial charge on any atom is 0.308 e. The Morgan fingerprint density at radius 3 is 2.86 bits per heavy atom. The van der Waals surface area contributed by atoms with Crippen LogP contribution in [0.4, 0.5) is 0 Å². The van der Waals surface area contributed by atoms with Crippen LogP contribution >= 0.6 is 0 Å². The van der Waals surface area contributed by atoms with Crippen LogP contribution in [0.25, 0.3) is 0 Å². The van der Waals surface area contributed by atoms with Crippen molar-refractivity contribution in [1.82, 2.24) is 4.90 Å². The number of likely N-dealkylation sites (tertiary alicyclic amines) is 1. The van der Waals surface area contributed by atoms with Crippen LogP contribution in [-0.2, 0) is 31.0 Å². The predicted octanol–water partition coefficient (Wildman–Crippen LogP) is 1.91. The second-order valence-corrected chi connectivity index (χ2v) is 7.70. The average molecular weight is 406 g/mol. The molecule has 4 aliphatic rings. The molecule has 2 bridgehead atoms. The highest BCUT2D eigenvalue weighted by molar-refractivity contribution is 5.76. The minimum Gasteiger partial charge on any atom is -0.481 e. The Kier molecular flexibility index (Phi) is 2.27. The minimum atomic E-state index is -3.04. The lowest BCUT2D eigenvalue weighted by molar-refractivity contribution is -0.153. The number of carbonyl (C=O) groups excluding carboxylic acids is 3. The first-order valence-corrected chi connectivity index (χ1v) is 9.22. The lowest BCUT2D eigenvalue weighted by atomic mass is 9.53. The van der Waals surface area contributed by atoms with Gasteiger partial charge >= 0.3 is 11.9 Å². The second-order valence-electron chi connectivity index (χ2n) is 7.70. The van der Waals surface area contributed by atoms with Gasteiger partial charge in [0, 0.05) is 57.0 Å². The molecular weight excluding hydrogens is 374 g/mol. The van der Waals surface area contributed by atoms with E-state index < -0.39 is 68.0 Å². The highest BCUT2D eigenvalue weighted by Gasteiger charge is 2.65. The van der Waals surface area contributed by atoms with Gasteiger partial charge in [0.2, 0.25) is 5.91 Å². The summed E-state index contributed by atoms with van der Waals surface area (Å²) in [5, 5.41) is 0. The maximum atomic E-state index is 12.9. The van der Waals surface area contributed by atoms with E-state index >= 15 is 0 Å². The number of piperidine rings is 1. The van der Waals surface area contributed by atoms with E-state index in [0.717, 1.165) is 0 Å². The molecule has 7 heteroatoms. The van der Waals surface area contributed by atoms with E-state index in [9.17, 15) is 14.4 Å². The van der Waals surface area contributed by atoms with E-state index in [1.165, 1.54) is 17.0 Å². The zero-order valence-corrected chi connectivity index (χ0v) is 15.1. The van der Waals surface area contributed by atoms with Crippen molar-refractivity contribution in [1.29, 1.82) is 0 Å². The molecule has 152 valence electrons. The third kappa shape index (κ3) is 2.39. The number of rotatable bonds is 2. The zero-order chi connectivity index (χ0) is 28.0. The summed E-state index contributed by atoms with van der Waals surface area (Å²) in [6.07, 6.45) is 1.37. The fraction of sp³-hybridized carbons (Fsp3) is 0.500. The molecule has 1 amide bonds. The minimum absolute atomic E-state index is 0.0319. The Morgan fingerprint density at radius 1 is 1.21 bits per heavy atom. The van der Waals surface area contributed by atoms with Crippen LogP contribution in [-0.4, -0.2) is 47.5 Å². The van der Waals surface area contributed by atoms with E-state index in [1.54, 1.807) is 12.1 Å². The number of hydrogen-bond donors (Lipinski definition) is 0. The van der Waals surface area contributed by atoms with Crippen molar-refractivity contribution in [3.05, 3.63) is 35.4 Å². The van der Waals surface area contributed by atoms with Gasteiger partial charge in [-0.1, -0.05) is 12.1 Å². The van der Waals surface area contributed by atoms with Crippen LogP contribution in [0.15, 0.2) is 24.3 Å². The van der Waals surface area contributed by atoms with Crippen molar-refractivity contribution in [2.24, 2.45) is 5.92 Å². The van der Waals surface area contributed by atoms with Crippen LogP contribution in [0.1, 0.15) is 50.4 Å². The Bertz CT molecular complexity index is 1250. The normalized spacial score (nSPS) is 38.8. The SMILES string of the molecule is [2H]C([2H])([2H])C(=O)Oc1ccc2c3c1O[C@H]1[C@@H](OC(=O)C([2H])([2H])[2H])C=C[C@H]4[C@@H](C2)N(C(=O)C([2H])([2H])[2H])CC[C@@]341. The van der Waals surface area contributed by atoms with Gasteiger partial charge in [0.1, 0.15) is 6.10 Å². The molecule has 0 radical (unpaired) electrons. The molecule has 5 rings (SSSR count). The second kappa shape index (κ2) is 6.08. The standard InChI is InChI=1S/C22H23NO6/c1-11(24)23-9-8-22-15-5-7-18(28-13(3)26)21(22)29-20-17(27-12(2)25)6-4-14(19(20)22)10-16(15)23/h4-7,15-16,18,21H,8-10H2,1-3H3/t15-,16+,18-,21-,22-/m0/s1/i1D3,2D3,3D3. The molecule has 0 aromatic heterocycles. The van der Waals surface area contributed by atoms with Crippen molar-refractivity contribution >= 4 is 17.8 Å². The third-order valence-corrected chi connectivity index (χ3v) is 6.54. The summed E-state index contributed by atoms with van der Waals surface area (Å²) in [6, 6.07) is 2.37. The lowest BCUT2D eigenvalue weighted by Crippen LogP contribution is -2.66. The molecule has 0 saturated carbocycles. The number of ether oxygens (including phenoxy) is 3. The van der Waals surface area contributed by atoms with E-state index in [-0.39, 0.29) is 30.9 Å². The lowest BCUT2D eigenvalue weighted by Gasteiger charge is -2.57. The first-order chi connectivity index (χ1) is 17.5. The van der Waals surface area contributed by atoms with Gasteiger partial charge in [-0.25, -0.2) is 0 Å². The average Bonchev–Trinajstić information content (AvgIpc) is 3.14. The fourth-order valence-corrected chi connectivity index (χ4v) is 5.68.